The Labute approximate surface area is 157 Å². The highest BCUT2D eigenvalue weighted by atomic mass is 32.2. The fourth-order valence-electron chi connectivity index (χ4n) is 3.26. The van der Waals surface area contributed by atoms with Crippen molar-refractivity contribution >= 4 is 15.9 Å². The zero-order valence-corrected chi connectivity index (χ0v) is 16.4. The summed E-state index contributed by atoms with van der Waals surface area (Å²) in [5.41, 5.74) is 8.03. The number of amides is 1. The van der Waals surface area contributed by atoms with Gasteiger partial charge in [-0.25, -0.2) is 13.1 Å². The predicted octanol–water partition coefficient (Wildman–Crippen LogP) is 1.87. The van der Waals surface area contributed by atoms with Gasteiger partial charge in [0.2, 0.25) is 15.9 Å². The fourth-order valence-corrected chi connectivity index (χ4v) is 4.34. The molecule has 0 saturated carbocycles. The Bertz CT molecular complexity index is 704. The Morgan fingerprint density at radius 2 is 1.96 bits per heavy atom. The van der Waals surface area contributed by atoms with Gasteiger partial charge in [0.25, 0.3) is 0 Å². The third-order valence-electron chi connectivity index (χ3n) is 4.83. The number of unbranched alkanes of at least 4 members (excludes halogenated alkanes) is 1. The number of benzene rings is 1. The summed E-state index contributed by atoms with van der Waals surface area (Å²) < 4.78 is 27.4. The molecule has 0 spiro atoms. The summed E-state index contributed by atoms with van der Waals surface area (Å²) >= 11 is 0. The predicted molar refractivity (Wildman–Crippen MR) is 103 cm³/mol. The van der Waals surface area contributed by atoms with Crippen molar-refractivity contribution in [2.75, 3.05) is 13.1 Å². The number of nitrogens with two attached hydrogens (primary N) is 1. The van der Waals surface area contributed by atoms with E-state index in [0.717, 1.165) is 50.5 Å². The van der Waals surface area contributed by atoms with Crippen LogP contribution in [-0.4, -0.2) is 33.5 Å². The number of sulfonamides is 1. The molecule has 1 aromatic carbocycles. The average Bonchev–Trinajstić information content (AvgIpc) is 2.64. The number of carbonyl (C=O) groups excluding carboxylic acids is 1. The van der Waals surface area contributed by atoms with Crippen LogP contribution in [0.3, 0.4) is 0 Å². The van der Waals surface area contributed by atoms with Crippen LogP contribution < -0.4 is 15.8 Å². The van der Waals surface area contributed by atoms with Crippen molar-refractivity contribution in [1.82, 2.24) is 10.0 Å². The van der Waals surface area contributed by atoms with Crippen LogP contribution in [0.15, 0.2) is 23.1 Å². The van der Waals surface area contributed by atoms with Crippen LogP contribution in [-0.2, 0) is 27.7 Å². The van der Waals surface area contributed by atoms with Gasteiger partial charge in [-0.05, 0) is 55.4 Å². The molecule has 0 aromatic heterocycles. The third kappa shape index (κ3) is 6.07. The number of fused-ring (bicyclic) bond motifs is 1. The average molecular weight is 382 g/mol. The standard InChI is InChI=1S/C19H31N3O3S/c1-2-3-8-17(14-20)22-19(23)11-12-21-26(24,25)18-10-9-15-6-4-5-7-16(15)13-18/h9-10,13,17,21H,2-8,11-12,14,20H2,1H3,(H,22,23). The minimum absolute atomic E-state index is 0.0419. The molecule has 146 valence electrons. The molecular formula is C19H31N3O3S. The van der Waals surface area contributed by atoms with Crippen LogP contribution in [0.5, 0.6) is 0 Å². The lowest BCUT2D eigenvalue weighted by atomic mass is 9.92. The molecule has 0 bridgehead atoms. The number of hydrogen-bond donors (Lipinski definition) is 3. The van der Waals surface area contributed by atoms with E-state index in [9.17, 15) is 13.2 Å². The molecule has 1 atom stereocenters. The second-order valence-electron chi connectivity index (χ2n) is 6.93. The van der Waals surface area contributed by atoms with Crippen molar-refractivity contribution in [3.63, 3.8) is 0 Å². The van der Waals surface area contributed by atoms with E-state index in [1.54, 1.807) is 12.1 Å². The summed E-state index contributed by atoms with van der Waals surface area (Å²) in [6, 6.07) is 5.29. The number of hydrogen-bond acceptors (Lipinski definition) is 4. The number of nitrogens with one attached hydrogen (secondary N) is 2. The first-order chi connectivity index (χ1) is 12.5. The lowest BCUT2D eigenvalue weighted by Crippen LogP contribution is -2.41. The van der Waals surface area contributed by atoms with Crippen LogP contribution in [0.1, 0.15) is 56.6 Å². The third-order valence-corrected chi connectivity index (χ3v) is 6.29. The van der Waals surface area contributed by atoms with Gasteiger partial charge in [0, 0.05) is 25.6 Å². The Hall–Kier alpha value is -1.44. The van der Waals surface area contributed by atoms with Gasteiger partial charge in [-0.2, -0.15) is 0 Å². The van der Waals surface area contributed by atoms with E-state index in [1.165, 1.54) is 5.56 Å². The summed E-state index contributed by atoms with van der Waals surface area (Å²) in [6.45, 7) is 2.56. The molecule has 1 aliphatic carbocycles. The highest BCUT2D eigenvalue weighted by molar-refractivity contribution is 7.89. The molecule has 6 nitrogen and oxygen atoms in total. The number of rotatable bonds is 10. The van der Waals surface area contributed by atoms with Gasteiger partial charge in [-0.1, -0.05) is 25.8 Å². The van der Waals surface area contributed by atoms with E-state index in [1.807, 2.05) is 6.07 Å². The number of aryl methyl sites for hydroxylation is 2. The Kier molecular flexibility index (Phi) is 8.06. The molecule has 2 rings (SSSR count). The molecule has 0 saturated heterocycles. The van der Waals surface area contributed by atoms with E-state index < -0.39 is 10.0 Å². The highest BCUT2D eigenvalue weighted by Crippen LogP contribution is 2.23. The molecule has 1 unspecified atom stereocenters. The summed E-state index contributed by atoms with van der Waals surface area (Å²) in [6.07, 6.45) is 7.22. The molecule has 0 heterocycles. The quantitative estimate of drug-likeness (QED) is 0.576. The topological polar surface area (TPSA) is 101 Å². The van der Waals surface area contributed by atoms with Gasteiger partial charge < -0.3 is 11.1 Å². The molecule has 1 amide bonds. The van der Waals surface area contributed by atoms with Gasteiger partial charge >= 0.3 is 0 Å². The zero-order chi connectivity index (χ0) is 19.0. The molecule has 0 aliphatic heterocycles. The van der Waals surface area contributed by atoms with E-state index in [4.69, 9.17) is 5.73 Å². The van der Waals surface area contributed by atoms with Crippen molar-refractivity contribution in [2.45, 2.75) is 69.2 Å². The minimum atomic E-state index is -3.59. The molecular weight excluding hydrogens is 350 g/mol. The van der Waals surface area contributed by atoms with Crippen LogP contribution >= 0.6 is 0 Å². The van der Waals surface area contributed by atoms with E-state index in [2.05, 4.69) is 17.0 Å². The lowest BCUT2D eigenvalue weighted by molar-refractivity contribution is -0.121. The Balaban J connectivity index is 1.85. The van der Waals surface area contributed by atoms with Crippen molar-refractivity contribution in [3.05, 3.63) is 29.3 Å². The van der Waals surface area contributed by atoms with Gasteiger partial charge in [0.15, 0.2) is 0 Å². The molecule has 0 radical (unpaired) electrons. The maximum absolute atomic E-state index is 12.5. The second kappa shape index (κ2) is 10.0. The summed E-state index contributed by atoms with van der Waals surface area (Å²) in [4.78, 5) is 12.3. The van der Waals surface area contributed by atoms with Gasteiger partial charge in [-0.3, -0.25) is 4.79 Å². The monoisotopic (exact) mass is 381 g/mol. The van der Waals surface area contributed by atoms with E-state index in [0.29, 0.717) is 6.54 Å². The van der Waals surface area contributed by atoms with Gasteiger partial charge in [-0.15, -0.1) is 0 Å². The maximum Gasteiger partial charge on any atom is 0.240 e. The first kappa shape index (κ1) is 20.9. The first-order valence-corrected chi connectivity index (χ1v) is 11.1. The molecule has 4 N–H and O–H groups in total. The van der Waals surface area contributed by atoms with Crippen LogP contribution in [0.4, 0.5) is 0 Å². The molecule has 0 fully saturated rings. The number of carbonyl (C=O) groups is 1. The summed E-state index contributed by atoms with van der Waals surface area (Å²) in [7, 11) is -3.59. The minimum Gasteiger partial charge on any atom is -0.352 e. The van der Waals surface area contributed by atoms with E-state index >= 15 is 0 Å². The van der Waals surface area contributed by atoms with Crippen LogP contribution in [0.2, 0.25) is 0 Å². The van der Waals surface area contributed by atoms with Gasteiger partial charge in [0.05, 0.1) is 4.90 Å². The van der Waals surface area contributed by atoms with Gasteiger partial charge in [0.1, 0.15) is 0 Å². The summed E-state index contributed by atoms with van der Waals surface area (Å²) in [5.74, 6) is -0.176. The SMILES string of the molecule is CCCCC(CN)NC(=O)CCNS(=O)(=O)c1ccc2c(c1)CCCC2. The molecule has 1 aromatic rings. The smallest absolute Gasteiger partial charge is 0.240 e. The van der Waals surface area contributed by atoms with Crippen molar-refractivity contribution in [2.24, 2.45) is 5.73 Å². The van der Waals surface area contributed by atoms with Crippen molar-refractivity contribution in [3.8, 4) is 0 Å². The second-order valence-corrected chi connectivity index (χ2v) is 8.69. The fraction of sp³-hybridized carbons (Fsp3) is 0.632. The maximum atomic E-state index is 12.5. The zero-order valence-electron chi connectivity index (χ0n) is 15.6. The highest BCUT2D eigenvalue weighted by Gasteiger charge is 2.18. The van der Waals surface area contributed by atoms with Crippen molar-refractivity contribution < 1.29 is 13.2 Å². The first-order valence-electron chi connectivity index (χ1n) is 9.57. The summed E-state index contributed by atoms with van der Waals surface area (Å²) in [5, 5.41) is 2.87. The van der Waals surface area contributed by atoms with E-state index in [-0.39, 0.29) is 29.8 Å². The largest absolute Gasteiger partial charge is 0.352 e. The Morgan fingerprint density at radius 1 is 1.23 bits per heavy atom. The molecule has 1 aliphatic rings. The normalized spacial score (nSPS) is 15.3. The van der Waals surface area contributed by atoms with Crippen LogP contribution in [0.25, 0.3) is 0 Å². The van der Waals surface area contributed by atoms with Crippen LogP contribution in [0, 0.1) is 0 Å². The molecule has 7 heteroatoms. The molecule has 26 heavy (non-hydrogen) atoms. The lowest BCUT2D eigenvalue weighted by Gasteiger charge is -2.17. The Morgan fingerprint density at radius 3 is 2.65 bits per heavy atom. The van der Waals surface area contributed by atoms with Crippen molar-refractivity contribution in [1.29, 1.82) is 0 Å².